The van der Waals surface area contributed by atoms with E-state index >= 15 is 0 Å². The molecule has 0 N–H and O–H groups in total. The summed E-state index contributed by atoms with van der Waals surface area (Å²) >= 11 is 0. The van der Waals surface area contributed by atoms with Crippen molar-refractivity contribution in [3.8, 4) is 11.5 Å². The highest BCUT2D eigenvalue weighted by Gasteiger charge is 2.30. The molecule has 1 aliphatic heterocycles. The van der Waals surface area contributed by atoms with E-state index in [1.54, 1.807) is 14.0 Å². The van der Waals surface area contributed by atoms with Gasteiger partial charge in [0, 0.05) is 30.8 Å². The first-order valence-electron chi connectivity index (χ1n) is 16.7. The van der Waals surface area contributed by atoms with Gasteiger partial charge in [0.15, 0.2) is 11.5 Å². The van der Waals surface area contributed by atoms with Gasteiger partial charge in [-0.25, -0.2) is 0 Å². The number of dihydropyridines is 1. The highest BCUT2D eigenvalue weighted by molar-refractivity contribution is 5.92. The molecule has 43 heavy (non-hydrogen) atoms. The summed E-state index contributed by atoms with van der Waals surface area (Å²) in [5.74, 6) is 1.49. The van der Waals surface area contributed by atoms with Gasteiger partial charge in [-0.2, -0.15) is 0 Å². The zero-order valence-corrected chi connectivity index (χ0v) is 27.6. The van der Waals surface area contributed by atoms with E-state index in [-0.39, 0.29) is 11.3 Å². The van der Waals surface area contributed by atoms with Crippen LogP contribution in [0.3, 0.4) is 0 Å². The number of methoxy groups -OCH3 is 1. The highest BCUT2D eigenvalue weighted by atomic mass is 16.5. The third kappa shape index (κ3) is 11.2. The van der Waals surface area contributed by atoms with Crippen LogP contribution in [0.25, 0.3) is 0 Å². The van der Waals surface area contributed by atoms with E-state index in [1.807, 2.05) is 35.4 Å². The van der Waals surface area contributed by atoms with Gasteiger partial charge in [0.2, 0.25) is 5.91 Å². The number of unbranched alkanes of at least 4 members (excludes halogenated alkanes) is 11. The Labute approximate surface area is 261 Å². The molecule has 236 valence electrons. The Bertz CT molecular complexity index is 1190. The molecule has 0 aliphatic carbocycles. The second-order valence-corrected chi connectivity index (χ2v) is 12.5. The summed E-state index contributed by atoms with van der Waals surface area (Å²) < 4.78 is 11.8. The van der Waals surface area contributed by atoms with Crippen LogP contribution in [-0.2, 0) is 17.8 Å². The maximum absolute atomic E-state index is 13.0. The first-order chi connectivity index (χ1) is 20.9. The quantitative estimate of drug-likeness (QED) is 0.145. The third-order valence-corrected chi connectivity index (χ3v) is 8.89. The van der Waals surface area contributed by atoms with Crippen molar-refractivity contribution < 1.29 is 14.3 Å². The molecule has 0 saturated heterocycles. The zero-order chi connectivity index (χ0) is 30.9. The van der Waals surface area contributed by atoms with Crippen LogP contribution in [-0.4, -0.2) is 32.4 Å². The second kappa shape index (κ2) is 18.6. The summed E-state index contributed by atoms with van der Waals surface area (Å²) in [6.07, 6.45) is 20.7. The summed E-state index contributed by atoms with van der Waals surface area (Å²) in [5, 5.41) is 0. The van der Waals surface area contributed by atoms with Crippen molar-refractivity contribution in [3.05, 3.63) is 65.2 Å². The van der Waals surface area contributed by atoms with E-state index in [9.17, 15) is 4.79 Å². The fourth-order valence-electron chi connectivity index (χ4n) is 5.89. The number of carbonyl (C=O) groups is 1. The van der Waals surface area contributed by atoms with E-state index in [0.717, 1.165) is 47.7 Å². The van der Waals surface area contributed by atoms with E-state index in [2.05, 4.69) is 50.0 Å². The molecule has 0 saturated carbocycles. The van der Waals surface area contributed by atoms with Crippen LogP contribution in [0.1, 0.15) is 116 Å². The van der Waals surface area contributed by atoms with Crippen LogP contribution in [0.2, 0.25) is 0 Å². The Kier molecular flexibility index (Phi) is 14.8. The monoisotopic (exact) mass is 588 g/mol. The zero-order valence-electron chi connectivity index (χ0n) is 27.6. The fourth-order valence-corrected chi connectivity index (χ4v) is 5.89. The van der Waals surface area contributed by atoms with Crippen molar-refractivity contribution in [3.63, 3.8) is 0 Å². The Morgan fingerprint density at radius 3 is 2.19 bits per heavy atom. The van der Waals surface area contributed by atoms with E-state index in [0.29, 0.717) is 13.2 Å². The average Bonchev–Trinajstić information content (AvgIpc) is 3.00. The average molecular weight is 589 g/mol. The number of benzene rings is 2. The third-order valence-electron chi connectivity index (χ3n) is 8.89. The predicted molar refractivity (Wildman–Crippen MR) is 182 cm³/mol. The standard InChI is InChI=1S/C38H56N2O3/c1-6-7-8-9-10-11-12-13-14-15-16-19-26-43-37-27-33(22-23-36(37)42-5)29-40(32(3)41)35-21-18-17-20-34(35)28-38(4)30-39-25-24-31(38)2/h17-18,20-25,27H,6-16,19,26,28-30H2,1-5H3. The van der Waals surface area contributed by atoms with Gasteiger partial charge in [-0.1, -0.05) is 114 Å². The van der Waals surface area contributed by atoms with Crippen molar-refractivity contribution in [2.45, 2.75) is 118 Å². The first kappa shape index (κ1) is 34.4. The number of aliphatic imine (C=N–C) groups is 1. The molecule has 1 aliphatic rings. The Morgan fingerprint density at radius 2 is 1.56 bits per heavy atom. The second-order valence-electron chi connectivity index (χ2n) is 12.5. The number of rotatable bonds is 20. The molecule has 1 amide bonds. The lowest BCUT2D eigenvalue weighted by molar-refractivity contribution is -0.116. The Hall–Kier alpha value is -3.08. The van der Waals surface area contributed by atoms with E-state index < -0.39 is 0 Å². The van der Waals surface area contributed by atoms with Crippen LogP contribution in [0.4, 0.5) is 5.69 Å². The molecule has 5 nitrogen and oxygen atoms in total. The summed E-state index contributed by atoms with van der Waals surface area (Å²) in [4.78, 5) is 19.4. The number of nitrogens with zero attached hydrogens (tertiary/aromatic N) is 2. The summed E-state index contributed by atoms with van der Waals surface area (Å²) in [5.41, 5.74) is 4.37. The van der Waals surface area contributed by atoms with Crippen LogP contribution in [0.5, 0.6) is 11.5 Å². The van der Waals surface area contributed by atoms with E-state index in [4.69, 9.17) is 9.47 Å². The predicted octanol–water partition coefficient (Wildman–Crippen LogP) is 9.91. The van der Waals surface area contributed by atoms with Gasteiger partial charge in [-0.3, -0.25) is 9.79 Å². The van der Waals surface area contributed by atoms with Gasteiger partial charge >= 0.3 is 0 Å². The van der Waals surface area contributed by atoms with Gasteiger partial charge in [0.1, 0.15) is 0 Å². The van der Waals surface area contributed by atoms with Gasteiger partial charge in [-0.05, 0) is 55.2 Å². The van der Waals surface area contributed by atoms with Crippen molar-refractivity contribution in [2.75, 3.05) is 25.2 Å². The van der Waals surface area contributed by atoms with Crippen molar-refractivity contribution in [1.82, 2.24) is 0 Å². The van der Waals surface area contributed by atoms with Gasteiger partial charge in [0.05, 0.1) is 20.3 Å². The molecule has 0 spiro atoms. The van der Waals surface area contributed by atoms with Crippen LogP contribution < -0.4 is 14.4 Å². The van der Waals surface area contributed by atoms with Gasteiger partial charge < -0.3 is 14.4 Å². The number of hydrogen-bond acceptors (Lipinski definition) is 4. The number of amides is 1. The van der Waals surface area contributed by atoms with Crippen molar-refractivity contribution in [2.24, 2.45) is 10.4 Å². The lowest BCUT2D eigenvalue weighted by Gasteiger charge is -2.33. The molecule has 0 aromatic heterocycles. The van der Waals surface area contributed by atoms with Crippen molar-refractivity contribution in [1.29, 1.82) is 0 Å². The van der Waals surface area contributed by atoms with Crippen LogP contribution in [0, 0.1) is 5.41 Å². The number of ether oxygens (including phenoxy) is 2. The summed E-state index contributed by atoms with van der Waals surface area (Å²) in [7, 11) is 1.68. The minimum Gasteiger partial charge on any atom is -0.493 e. The molecule has 0 fully saturated rings. The number of hydrogen-bond donors (Lipinski definition) is 0. The lowest BCUT2D eigenvalue weighted by Crippen LogP contribution is -2.31. The highest BCUT2D eigenvalue weighted by Crippen LogP contribution is 2.37. The fraction of sp³-hybridized carbons (Fsp3) is 0.579. The smallest absolute Gasteiger partial charge is 0.224 e. The largest absolute Gasteiger partial charge is 0.493 e. The molecular weight excluding hydrogens is 532 g/mol. The molecule has 2 aromatic carbocycles. The Morgan fingerprint density at radius 1 is 0.907 bits per heavy atom. The van der Waals surface area contributed by atoms with Crippen LogP contribution in [0.15, 0.2) is 59.1 Å². The maximum atomic E-state index is 13.0. The number of carbonyl (C=O) groups excluding carboxylic acids is 1. The molecule has 3 rings (SSSR count). The van der Waals surface area contributed by atoms with Gasteiger partial charge in [-0.15, -0.1) is 0 Å². The molecular formula is C38H56N2O3. The number of allylic oxidation sites excluding steroid dienone is 1. The number of para-hydroxylation sites is 1. The minimum absolute atomic E-state index is 0.0151. The lowest BCUT2D eigenvalue weighted by atomic mass is 9.76. The normalized spacial score (nSPS) is 16.2. The number of anilines is 1. The molecule has 0 radical (unpaired) electrons. The molecule has 1 unspecified atom stereocenters. The summed E-state index contributed by atoms with van der Waals surface area (Å²) in [6.45, 7) is 10.2. The molecule has 1 heterocycles. The molecule has 1 atom stereocenters. The maximum Gasteiger partial charge on any atom is 0.224 e. The topological polar surface area (TPSA) is 51.1 Å². The van der Waals surface area contributed by atoms with Crippen molar-refractivity contribution >= 4 is 17.8 Å². The molecule has 5 heteroatoms. The van der Waals surface area contributed by atoms with Gasteiger partial charge in [0.25, 0.3) is 0 Å². The first-order valence-corrected chi connectivity index (χ1v) is 16.7. The SMILES string of the molecule is CCCCCCCCCCCCCCOc1cc(CN(C(C)=O)c2ccccc2CC2(C)CN=CC=C2C)ccc1OC. The minimum atomic E-state index is -0.0671. The molecule has 2 aromatic rings. The summed E-state index contributed by atoms with van der Waals surface area (Å²) in [6, 6.07) is 14.3. The Balaban J connectivity index is 1.54. The van der Waals surface area contributed by atoms with E-state index in [1.165, 1.54) is 76.2 Å². The van der Waals surface area contributed by atoms with Crippen LogP contribution >= 0.6 is 0 Å². The molecule has 0 bridgehead atoms.